The van der Waals surface area contributed by atoms with E-state index in [-0.39, 0.29) is 5.92 Å². The van der Waals surface area contributed by atoms with E-state index in [4.69, 9.17) is 4.74 Å². The van der Waals surface area contributed by atoms with Crippen molar-refractivity contribution in [3.63, 3.8) is 0 Å². The number of nitrogens with one attached hydrogen (secondary N) is 1. The molecule has 0 aromatic carbocycles. The van der Waals surface area contributed by atoms with E-state index in [0.29, 0.717) is 17.9 Å². The summed E-state index contributed by atoms with van der Waals surface area (Å²) in [6.45, 7) is 7.36. The minimum atomic E-state index is -0.591. The zero-order valence-corrected chi connectivity index (χ0v) is 11.6. The van der Waals surface area contributed by atoms with E-state index < -0.39 is 17.8 Å². The number of carbonyl (C=O) groups excluding carboxylic acids is 1. The number of aliphatic hydroxyl groups excluding tert-OH is 1. The van der Waals surface area contributed by atoms with Crippen LogP contribution < -0.4 is 5.32 Å². The van der Waals surface area contributed by atoms with Gasteiger partial charge in [-0.1, -0.05) is 6.92 Å². The number of amides is 1. The Bertz CT molecular complexity index is 496. The summed E-state index contributed by atoms with van der Waals surface area (Å²) in [6, 6.07) is 0. The van der Waals surface area contributed by atoms with E-state index in [0.717, 1.165) is 5.56 Å². The number of rotatable bonds is 1. The fourth-order valence-electron chi connectivity index (χ4n) is 2.22. The number of anilines is 1. The van der Waals surface area contributed by atoms with Crippen molar-refractivity contribution in [3.05, 3.63) is 17.6 Å². The van der Waals surface area contributed by atoms with Crippen molar-refractivity contribution in [2.45, 2.75) is 51.7 Å². The fourth-order valence-corrected chi connectivity index (χ4v) is 2.22. The second-order valence-electron chi connectivity index (χ2n) is 5.80. The largest absolute Gasteiger partial charge is 0.444 e. The average Bonchev–Trinajstić information content (AvgIpc) is 2.53. The highest BCUT2D eigenvalue weighted by Gasteiger charge is 2.32. The van der Waals surface area contributed by atoms with Crippen molar-refractivity contribution in [1.29, 1.82) is 0 Å². The summed E-state index contributed by atoms with van der Waals surface area (Å²) in [5.74, 6) is 0.527. The Morgan fingerprint density at radius 3 is 2.79 bits per heavy atom. The predicted octanol–water partition coefficient (Wildman–Crippen LogP) is 2.36. The first-order chi connectivity index (χ1) is 8.78. The highest BCUT2D eigenvalue weighted by molar-refractivity contribution is 5.85. The van der Waals surface area contributed by atoms with Crippen LogP contribution in [0, 0.1) is 0 Å². The van der Waals surface area contributed by atoms with Gasteiger partial charge in [-0.15, -0.1) is 0 Å². The lowest BCUT2D eigenvalue weighted by Gasteiger charge is -2.20. The number of aliphatic hydroxyl groups is 1. The van der Waals surface area contributed by atoms with Crippen LogP contribution in [-0.2, 0) is 4.74 Å². The second-order valence-corrected chi connectivity index (χ2v) is 5.80. The van der Waals surface area contributed by atoms with Crippen LogP contribution in [0.25, 0.3) is 0 Å². The van der Waals surface area contributed by atoms with Gasteiger partial charge in [0, 0.05) is 5.56 Å². The van der Waals surface area contributed by atoms with Crippen molar-refractivity contribution in [2.75, 3.05) is 5.32 Å². The molecule has 1 heterocycles. The third kappa shape index (κ3) is 3.01. The summed E-state index contributed by atoms with van der Waals surface area (Å²) in [4.78, 5) is 19.9. The summed E-state index contributed by atoms with van der Waals surface area (Å²) < 4.78 is 5.19. The molecule has 0 radical (unpaired) electrons. The molecule has 1 amide bonds. The summed E-state index contributed by atoms with van der Waals surface area (Å²) in [5, 5.41) is 12.5. The van der Waals surface area contributed by atoms with Gasteiger partial charge >= 0.3 is 6.09 Å². The number of hydrogen-bond acceptors (Lipinski definition) is 5. The molecule has 1 aliphatic carbocycles. The van der Waals surface area contributed by atoms with Crippen molar-refractivity contribution < 1.29 is 14.6 Å². The first-order valence-electron chi connectivity index (χ1n) is 6.31. The van der Waals surface area contributed by atoms with Crippen molar-refractivity contribution in [3.8, 4) is 0 Å². The Kier molecular flexibility index (Phi) is 3.45. The minimum Gasteiger partial charge on any atom is -0.444 e. The molecule has 0 aliphatic heterocycles. The first-order valence-corrected chi connectivity index (χ1v) is 6.31. The van der Waals surface area contributed by atoms with Gasteiger partial charge in [-0.25, -0.2) is 14.8 Å². The molecule has 0 saturated heterocycles. The van der Waals surface area contributed by atoms with Crippen LogP contribution in [0.15, 0.2) is 6.33 Å². The second kappa shape index (κ2) is 4.77. The Balaban J connectivity index is 2.21. The number of hydrogen-bond donors (Lipinski definition) is 2. The lowest BCUT2D eigenvalue weighted by atomic mass is 10.1. The molecule has 2 N–H and O–H groups in total. The van der Waals surface area contributed by atoms with Crippen LogP contribution in [0.4, 0.5) is 10.6 Å². The van der Waals surface area contributed by atoms with E-state index in [1.165, 1.54) is 6.33 Å². The lowest BCUT2D eigenvalue weighted by molar-refractivity contribution is 0.0635. The van der Waals surface area contributed by atoms with Crippen molar-refractivity contribution >= 4 is 11.9 Å². The number of ether oxygens (including phenoxy) is 1. The molecule has 0 spiro atoms. The van der Waals surface area contributed by atoms with Crippen LogP contribution in [0.5, 0.6) is 0 Å². The zero-order valence-electron chi connectivity index (χ0n) is 11.6. The molecule has 0 bridgehead atoms. The van der Waals surface area contributed by atoms with Gasteiger partial charge in [-0.05, 0) is 33.1 Å². The number of aromatic nitrogens is 2. The first kappa shape index (κ1) is 13.7. The van der Waals surface area contributed by atoms with Crippen molar-refractivity contribution in [1.82, 2.24) is 9.97 Å². The Morgan fingerprint density at radius 1 is 1.47 bits per heavy atom. The SMILES string of the molecule is C[C@@H]1C[C@@H](O)c2ncnc(NC(=O)OC(C)(C)C)c21. The highest BCUT2D eigenvalue weighted by Crippen LogP contribution is 2.41. The molecular formula is C13H19N3O3. The third-order valence-corrected chi connectivity index (χ3v) is 2.92. The van der Waals surface area contributed by atoms with Gasteiger partial charge in [0.1, 0.15) is 17.7 Å². The molecule has 2 atom stereocenters. The molecule has 19 heavy (non-hydrogen) atoms. The van der Waals surface area contributed by atoms with Gasteiger partial charge in [0.25, 0.3) is 0 Å². The standard InChI is InChI=1S/C13H19N3O3/c1-7-5-8(17)10-9(7)11(15-6-14-10)16-12(18)19-13(2,3)4/h6-8,17H,5H2,1-4H3,(H,14,15,16,18)/t7-,8-/m1/s1. The predicted molar refractivity (Wildman–Crippen MR) is 69.9 cm³/mol. The van der Waals surface area contributed by atoms with Gasteiger partial charge in [0.05, 0.1) is 11.8 Å². The summed E-state index contributed by atoms with van der Waals surface area (Å²) in [5.41, 5.74) is 0.820. The molecule has 104 valence electrons. The molecule has 0 saturated carbocycles. The maximum absolute atomic E-state index is 11.8. The maximum Gasteiger partial charge on any atom is 0.413 e. The molecule has 0 unspecified atom stereocenters. The molecule has 0 fully saturated rings. The quantitative estimate of drug-likeness (QED) is 0.814. The monoisotopic (exact) mass is 265 g/mol. The maximum atomic E-state index is 11.8. The Morgan fingerprint density at radius 2 is 2.16 bits per heavy atom. The van der Waals surface area contributed by atoms with E-state index in [1.807, 2.05) is 6.92 Å². The van der Waals surface area contributed by atoms with Crippen molar-refractivity contribution in [2.24, 2.45) is 0 Å². The summed E-state index contributed by atoms with van der Waals surface area (Å²) in [6.07, 6.45) is 0.790. The Labute approximate surface area is 112 Å². The molecule has 1 aromatic rings. The smallest absolute Gasteiger partial charge is 0.413 e. The van der Waals surface area contributed by atoms with Crippen LogP contribution in [0.1, 0.15) is 57.4 Å². The van der Waals surface area contributed by atoms with Gasteiger partial charge < -0.3 is 9.84 Å². The van der Waals surface area contributed by atoms with Gasteiger partial charge in [-0.2, -0.15) is 0 Å². The van der Waals surface area contributed by atoms with Gasteiger partial charge in [0.15, 0.2) is 0 Å². The number of nitrogens with zero attached hydrogens (tertiary/aromatic N) is 2. The van der Waals surface area contributed by atoms with E-state index in [1.54, 1.807) is 20.8 Å². The van der Waals surface area contributed by atoms with Gasteiger partial charge in [0.2, 0.25) is 0 Å². The van der Waals surface area contributed by atoms with E-state index in [9.17, 15) is 9.90 Å². The van der Waals surface area contributed by atoms with Gasteiger partial charge in [-0.3, -0.25) is 5.32 Å². The fraction of sp³-hybridized carbons (Fsp3) is 0.615. The molecule has 2 rings (SSSR count). The van der Waals surface area contributed by atoms with E-state index >= 15 is 0 Å². The van der Waals surface area contributed by atoms with Crippen LogP contribution in [0.3, 0.4) is 0 Å². The number of fused-ring (bicyclic) bond motifs is 1. The normalized spacial score (nSPS) is 21.9. The average molecular weight is 265 g/mol. The molecule has 1 aliphatic rings. The topological polar surface area (TPSA) is 84.3 Å². The summed E-state index contributed by atoms with van der Waals surface area (Å²) >= 11 is 0. The summed E-state index contributed by atoms with van der Waals surface area (Å²) in [7, 11) is 0. The Hall–Kier alpha value is -1.69. The van der Waals surface area contributed by atoms with Crippen LogP contribution >= 0.6 is 0 Å². The van der Waals surface area contributed by atoms with E-state index in [2.05, 4.69) is 15.3 Å². The number of carbonyl (C=O) groups is 1. The third-order valence-electron chi connectivity index (χ3n) is 2.92. The molecular weight excluding hydrogens is 246 g/mol. The molecule has 1 aromatic heterocycles. The minimum absolute atomic E-state index is 0.108. The lowest BCUT2D eigenvalue weighted by Crippen LogP contribution is -2.28. The highest BCUT2D eigenvalue weighted by atomic mass is 16.6. The zero-order chi connectivity index (χ0) is 14.2. The van der Waals surface area contributed by atoms with Crippen LogP contribution in [0.2, 0.25) is 0 Å². The molecule has 6 nitrogen and oxygen atoms in total. The molecule has 6 heteroatoms. The van der Waals surface area contributed by atoms with Crippen LogP contribution in [-0.4, -0.2) is 26.8 Å².